The number of rotatable bonds is 12. The van der Waals surface area contributed by atoms with Gasteiger partial charge in [0.05, 0.1) is 4.47 Å². The van der Waals surface area contributed by atoms with Crippen molar-refractivity contribution in [3.8, 4) is 5.75 Å². The Morgan fingerprint density at radius 3 is 2.12 bits per heavy atom. The fourth-order valence-electron chi connectivity index (χ4n) is 4.23. The van der Waals surface area contributed by atoms with E-state index in [1.165, 1.54) is 43.7 Å². The number of hydrogen-bond acceptors (Lipinski definition) is 3. The Morgan fingerprint density at radius 1 is 0.906 bits per heavy atom. The van der Waals surface area contributed by atoms with E-state index in [-0.39, 0.29) is 15.6 Å². The Bertz CT molecular complexity index is 999. The summed E-state index contributed by atoms with van der Waals surface area (Å²) in [5.74, 6) is -0.382. The van der Waals surface area contributed by atoms with Gasteiger partial charge in [0.15, 0.2) is 5.75 Å². The summed E-state index contributed by atoms with van der Waals surface area (Å²) in [7, 11) is -5.73. The molecule has 0 spiro atoms. The van der Waals surface area contributed by atoms with Gasteiger partial charge in [-0.2, -0.15) is 21.6 Å². The van der Waals surface area contributed by atoms with Crippen LogP contribution in [0.25, 0.3) is 10.8 Å². The first-order valence-electron chi connectivity index (χ1n) is 11.2. The van der Waals surface area contributed by atoms with Gasteiger partial charge >= 0.3 is 15.6 Å². The molecule has 0 amide bonds. The van der Waals surface area contributed by atoms with Crippen molar-refractivity contribution in [2.24, 2.45) is 0 Å². The monoisotopic (exact) mass is 536 g/mol. The Balaban J connectivity index is 2.29. The highest BCUT2D eigenvalue weighted by atomic mass is 79.9. The van der Waals surface area contributed by atoms with Gasteiger partial charge in [0.1, 0.15) is 0 Å². The van der Waals surface area contributed by atoms with E-state index in [1.807, 2.05) is 12.1 Å². The van der Waals surface area contributed by atoms with Crippen LogP contribution in [0.15, 0.2) is 34.8 Å². The molecule has 0 heterocycles. The van der Waals surface area contributed by atoms with E-state index in [1.54, 1.807) is 6.07 Å². The minimum atomic E-state index is -5.73. The standard InChI is InChI=1S/C24H32BrF3O3S/c1-4-7-8-9-10-11-16-23(5-2,6-3)19-13-14-20-18(17-19)12-15-21(22(20)25)31-32(29,30)24(26,27)28/h12-15,17H,4-11,16H2,1-3H3. The van der Waals surface area contributed by atoms with Gasteiger partial charge in [0.25, 0.3) is 0 Å². The minimum absolute atomic E-state index is 0.0419. The molecule has 2 aromatic carbocycles. The maximum absolute atomic E-state index is 12.7. The average molecular weight is 537 g/mol. The quantitative estimate of drug-likeness (QED) is 0.155. The van der Waals surface area contributed by atoms with Gasteiger partial charge in [0.2, 0.25) is 0 Å². The zero-order valence-corrected chi connectivity index (χ0v) is 21.3. The lowest BCUT2D eigenvalue weighted by Crippen LogP contribution is -2.28. The highest BCUT2D eigenvalue weighted by Gasteiger charge is 2.48. The van der Waals surface area contributed by atoms with Gasteiger partial charge in [-0.3, -0.25) is 0 Å². The van der Waals surface area contributed by atoms with Crippen LogP contribution in [-0.2, 0) is 15.5 Å². The highest BCUT2D eigenvalue weighted by molar-refractivity contribution is 9.10. The Kier molecular flexibility index (Phi) is 9.46. The van der Waals surface area contributed by atoms with E-state index < -0.39 is 15.6 Å². The number of fused-ring (bicyclic) bond motifs is 1. The third-order valence-electron chi connectivity index (χ3n) is 6.38. The smallest absolute Gasteiger partial charge is 0.375 e. The lowest BCUT2D eigenvalue weighted by Gasteiger charge is -2.33. The molecular weight excluding hydrogens is 505 g/mol. The molecule has 8 heteroatoms. The first-order chi connectivity index (χ1) is 15.0. The van der Waals surface area contributed by atoms with Gasteiger partial charge in [-0.15, -0.1) is 0 Å². The molecular formula is C24H32BrF3O3S. The highest BCUT2D eigenvalue weighted by Crippen LogP contribution is 2.41. The third kappa shape index (κ3) is 6.19. The average Bonchev–Trinajstić information content (AvgIpc) is 2.74. The lowest BCUT2D eigenvalue weighted by molar-refractivity contribution is -0.0500. The number of unbranched alkanes of at least 4 members (excludes halogenated alkanes) is 5. The van der Waals surface area contributed by atoms with Gasteiger partial charge in [0, 0.05) is 0 Å². The van der Waals surface area contributed by atoms with E-state index in [9.17, 15) is 21.6 Å². The van der Waals surface area contributed by atoms with Crippen molar-refractivity contribution < 1.29 is 25.8 Å². The first-order valence-corrected chi connectivity index (χ1v) is 13.4. The van der Waals surface area contributed by atoms with Crippen LogP contribution in [-0.4, -0.2) is 13.9 Å². The summed E-state index contributed by atoms with van der Waals surface area (Å²) in [6.07, 6.45) is 10.5. The molecule has 2 aromatic rings. The molecule has 32 heavy (non-hydrogen) atoms. The maximum atomic E-state index is 12.7. The summed E-state index contributed by atoms with van der Waals surface area (Å²) >= 11 is 3.23. The molecule has 0 aliphatic heterocycles. The zero-order valence-electron chi connectivity index (χ0n) is 18.9. The molecule has 3 nitrogen and oxygen atoms in total. The van der Waals surface area contributed by atoms with Gasteiger partial charge < -0.3 is 4.18 Å². The van der Waals surface area contributed by atoms with E-state index in [4.69, 9.17) is 0 Å². The molecule has 0 N–H and O–H groups in total. The van der Waals surface area contributed by atoms with Gasteiger partial charge in [-0.25, -0.2) is 0 Å². The van der Waals surface area contributed by atoms with E-state index in [0.717, 1.165) is 31.1 Å². The molecule has 0 bridgehead atoms. The van der Waals surface area contributed by atoms with Crippen LogP contribution in [0.1, 0.15) is 84.1 Å². The van der Waals surface area contributed by atoms with Crippen LogP contribution >= 0.6 is 15.9 Å². The van der Waals surface area contributed by atoms with Crippen molar-refractivity contribution in [3.05, 3.63) is 40.4 Å². The molecule has 0 fully saturated rings. The minimum Gasteiger partial charge on any atom is -0.375 e. The fraction of sp³-hybridized carbons (Fsp3) is 0.583. The summed E-state index contributed by atoms with van der Waals surface area (Å²) in [4.78, 5) is 0. The van der Waals surface area contributed by atoms with Crippen molar-refractivity contribution >= 4 is 36.8 Å². The van der Waals surface area contributed by atoms with Crippen molar-refractivity contribution in [3.63, 3.8) is 0 Å². The van der Waals surface area contributed by atoms with Crippen LogP contribution in [0.2, 0.25) is 0 Å². The second kappa shape index (κ2) is 11.2. The van der Waals surface area contributed by atoms with Crippen LogP contribution in [0, 0.1) is 0 Å². The van der Waals surface area contributed by atoms with Crippen molar-refractivity contribution in [1.29, 1.82) is 0 Å². The summed E-state index contributed by atoms with van der Waals surface area (Å²) < 4.78 is 65.4. The topological polar surface area (TPSA) is 43.4 Å². The molecule has 0 aliphatic carbocycles. The lowest BCUT2D eigenvalue weighted by atomic mass is 9.72. The number of alkyl halides is 3. The molecule has 0 saturated heterocycles. The van der Waals surface area contributed by atoms with E-state index >= 15 is 0 Å². The maximum Gasteiger partial charge on any atom is 0.534 e. The Morgan fingerprint density at radius 2 is 1.53 bits per heavy atom. The molecule has 0 radical (unpaired) electrons. The first kappa shape index (κ1) is 27.0. The molecule has 0 aliphatic rings. The van der Waals surface area contributed by atoms with Gasteiger partial charge in [-0.05, 0) is 63.0 Å². The molecule has 180 valence electrons. The zero-order chi connectivity index (χ0) is 24.0. The molecule has 2 rings (SSSR count). The van der Waals surface area contributed by atoms with Crippen molar-refractivity contribution in [1.82, 2.24) is 0 Å². The van der Waals surface area contributed by atoms with Crippen LogP contribution in [0.4, 0.5) is 13.2 Å². The predicted molar refractivity (Wildman–Crippen MR) is 128 cm³/mol. The van der Waals surface area contributed by atoms with Crippen LogP contribution < -0.4 is 4.18 Å². The molecule has 0 saturated carbocycles. The van der Waals surface area contributed by atoms with Crippen LogP contribution in [0.3, 0.4) is 0 Å². The number of halogens is 4. The second-order valence-corrected chi connectivity index (χ2v) is 10.6. The SMILES string of the molecule is CCCCCCCCC(CC)(CC)c1ccc2c(Br)c(OS(=O)(=O)C(F)(F)F)ccc2c1. The summed E-state index contributed by atoms with van der Waals surface area (Å²) in [5.41, 5.74) is -4.24. The number of benzene rings is 2. The second-order valence-electron chi connectivity index (χ2n) is 8.30. The van der Waals surface area contributed by atoms with Crippen LogP contribution in [0.5, 0.6) is 5.75 Å². The summed E-state index contributed by atoms with van der Waals surface area (Å²) in [6.45, 7) is 6.60. The summed E-state index contributed by atoms with van der Waals surface area (Å²) in [5, 5.41) is 1.42. The Labute approximate surface area is 198 Å². The van der Waals surface area contributed by atoms with Crippen molar-refractivity contribution in [2.75, 3.05) is 0 Å². The molecule has 0 aromatic heterocycles. The van der Waals surface area contributed by atoms with Crippen molar-refractivity contribution in [2.45, 2.75) is 89.5 Å². The predicted octanol–water partition coefficient (Wildman–Crippen LogP) is 8.64. The third-order valence-corrected chi connectivity index (χ3v) is 8.16. The molecule has 0 unspecified atom stereocenters. The largest absolute Gasteiger partial charge is 0.534 e. The Hall–Kier alpha value is -1.28. The van der Waals surface area contributed by atoms with Gasteiger partial charge in [-0.1, -0.05) is 83.6 Å². The number of hydrogen-bond donors (Lipinski definition) is 0. The normalized spacial score (nSPS) is 13.0. The van der Waals surface area contributed by atoms with E-state index in [2.05, 4.69) is 47.0 Å². The van der Waals surface area contributed by atoms with E-state index in [0.29, 0.717) is 5.39 Å². The molecule has 0 atom stereocenters. The summed E-state index contributed by atoms with van der Waals surface area (Å²) in [6, 6.07) is 8.74. The fourth-order valence-corrected chi connectivity index (χ4v) is 5.38.